The van der Waals surface area contributed by atoms with E-state index >= 15 is 0 Å². The summed E-state index contributed by atoms with van der Waals surface area (Å²) in [6.45, 7) is 2.02. The number of ketones is 1. The molecule has 1 saturated carbocycles. The number of hydrogen-bond donors (Lipinski definition) is 0. The molecule has 5 aliphatic rings. The van der Waals surface area contributed by atoms with E-state index in [1.54, 1.807) is 7.11 Å². The lowest BCUT2D eigenvalue weighted by Crippen LogP contribution is -2.54. The van der Waals surface area contributed by atoms with E-state index in [0.29, 0.717) is 12.2 Å². The van der Waals surface area contributed by atoms with Gasteiger partial charge in [0.15, 0.2) is 17.3 Å². The van der Waals surface area contributed by atoms with Gasteiger partial charge in [0, 0.05) is 30.0 Å². The lowest BCUT2D eigenvalue weighted by atomic mass is 9.63. The van der Waals surface area contributed by atoms with E-state index in [1.165, 1.54) is 11.1 Å². The second kappa shape index (κ2) is 3.82. The molecule has 4 aliphatic heterocycles. The average molecular weight is 315 g/mol. The van der Waals surface area contributed by atoms with Crippen molar-refractivity contribution in [3.05, 3.63) is 17.2 Å². The van der Waals surface area contributed by atoms with Crippen molar-refractivity contribution in [1.29, 1.82) is 0 Å². The van der Waals surface area contributed by atoms with Crippen molar-refractivity contribution < 1.29 is 23.7 Å². The Morgan fingerprint density at radius 2 is 2.30 bits per heavy atom. The molecule has 3 fully saturated rings. The Morgan fingerprint density at radius 3 is 3.17 bits per heavy atom. The molecule has 120 valence electrons. The number of ether oxygens (including phenoxy) is 4. The van der Waals surface area contributed by atoms with Gasteiger partial charge in [-0.15, -0.1) is 0 Å². The fourth-order valence-electron chi connectivity index (χ4n) is 5.37. The SMILES string of the molecule is COc1c2c(cc3c1OCO3)C13CCN(C2)C1CC(=O)C1OC13. The predicted octanol–water partition coefficient (Wildman–Crippen LogP) is 0.990. The fourth-order valence-corrected chi connectivity index (χ4v) is 5.37. The van der Waals surface area contributed by atoms with Crippen molar-refractivity contribution in [2.75, 3.05) is 20.4 Å². The van der Waals surface area contributed by atoms with Crippen LogP contribution in [0.3, 0.4) is 0 Å². The molecular weight excluding hydrogens is 298 g/mol. The van der Waals surface area contributed by atoms with Crippen LogP contribution in [-0.4, -0.2) is 49.4 Å². The first kappa shape index (κ1) is 12.6. The highest BCUT2D eigenvalue weighted by Crippen LogP contribution is 2.62. The van der Waals surface area contributed by atoms with Gasteiger partial charge in [-0.1, -0.05) is 0 Å². The molecule has 2 bridgehead atoms. The lowest BCUT2D eigenvalue weighted by molar-refractivity contribution is -0.122. The average Bonchev–Trinajstić information content (AvgIpc) is 3.17. The number of rotatable bonds is 1. The smallest absolute Gasteiger partial charge is 0.231 e. The standard InChI is InChI=1S/C17H17NO5/c1-20-13-8-6-18-3-2-17(9(8)4-11-15(13)22-7-21-11)12(18)5-10(19)14-16(17)23-14/h4,12,14,16H,2-3,5-7H2,1H3. The molecule has 0 spiro atoms. The Morgan fingerprint density at radius 1 is 1.39 bits per heavy atom. The largest absolute Gasteiger partial charge is 0.492 e. The zero-order valence-corrected chi connectivity index (χ0v) is 12.8. The van der Waals surface area contributed by atoms with E-state index in [9.17, 15) is 4.79 Å². The number of fused-ring (bicyclic) bond motifs is 3. The molecule has 0 aromatic heterocycles. The molecular formula is C17H17NO5. The molecule has 6 heteroatoms. The van der Waals surface area contributed by atoms with Crippen molar-refractivity contribution >= 4 is 5.78 Å². The summed E-state index contributed by atoms with van der Waals surface area (Å²) < 4.78 is 22.8. The van der Waals surface area contributed by atoms with Crippen molar-refractivity contribution in [1.82, 2.24) is 4.90 Å². The first-order valence-electron chi connectivity index (χ1n) is 8.16. The molecule has 5 atom stereocenters. The van der Waals surface area contributed by atoms with Crippen LogP contribution in [0.2, 0.25) is 0 Å². The molecule has 6 rings (SSSR count). The zero-order chi connectivity index (χ0) is 15.3. The van der Waals surface area contributed by atoms with E-state index < -0.39 is 0 Å². The third kappa shape index (κ3) is 1.29. The third-order valence-electron chi connectivity index (χ3n) is 6.35. The van der Waals surface area contributed by atoms with Crippen LogP contribution in [0.4, 0.5) is 0 Å². The normalized spacial score (nSPS) is 41.2. The van der Waals surface area contributed by atoms with E-state index in [-0.39, 0.29) is 36.2 Å². The summed E-state index contributed by atoms with van der Waals surface area (Å²) in [6, 6.07) is 2.36. The van der Waals surface area contributed by atoms with Gasteiger partial charge in [0.1, 0.15) is 12.2 Å². The topological polar surface area (TPSA) is 60.5 Å². The van der Waals surface area contributed by atoms with Crippen LogP contribution < -0.4 is 14.2 Å². The lowest BCUT2D eigenvalue weighted by Gasteiger charge is -2.45. The fraction of sp³-hybridized carbons (Fsp3) is 0.588. The number of methoxy groups -OCH3 is 1. The summed E-state index contributed by atoms with van der Waals surface area (Å²) in [5.41, 5.74) is 2.33. The highest BCUT2D eigenvalue weighted by molar-refractivity contribution is 5.89. The van der Waals surface area contributed by atoms with Crippen LogP contribution in [-0.2, 0) is 21.5 Å². The Bertz CT molecular complexity index is 762. The van der Waals surface area contributed by atoms with Gasteiger partial charge in [0.05, 0.1) is 7.11 Å². The second-order valence-electron chi connectivity index (χ2n) is 7.09. The Hall–Kier alpha value is -1.79. The number of carbonyl (C=O) groups is 1. The number of epoxide rings is 1. The number of benzene rings is 1. The zero-order valence-electron chi connectivity index (χ0n) is 12.8. The summed E-state index contributed by atoms with van der Waals surface area (Å²) in [5.74, 6) is 2.51. The third-order valence-corrected chi connectivity index (χ3v) is 6.35. The van der Waals surface area contributed by atoms with Crippen molar-refractivity contribution in [2.24, 2.45) is 0 Å². The second-order valence-corrected chi connectivity index (χ2v) is 7.09. The first-order valence-corrected chi connectivity index (χ1v) is 8.16. The molecule has 0 radical (unpaired) electrons. The molecule has 5 unspecified atom stereocenters. The van der Waals surface area contributed by atoms with Gasteiger partial charge >= 0.3 is 0 Å². The van der Waals surface area contributed by atoms with Crippen LogP contribution in [0.15, 0.2) is 6.07 Å². The van der Waals surface area contributed by atoms with Gasteiger partial charge in [-0.3, -0.25) is 9.69 Å². The van der Waals surface area contributed by atoms with Crippen LogP contribution >= 0.6 is 0 Å². The van der Waals surface area contributed by atoms with E-state index in [2.05, 4.69) is 11.0 Å². The molecule has 23 heavy (non-hydrogen) atoms. The number of Topliss-reactive ketones (excluding diaryl/α,β-unsaturated/α-hetero) is 1. The molecule has 0 N–H and O–H groups in total. The van der Waals surface area contributed by atoms with Gasteiger partial charge in [-0.2, -0.15) is 0 Å². The van der Waals surface area contributed by atoms with Crippen molar-refractivity contribution in [3.8, 4) is 17.2 Å². The van der Waals surface area contributed by atoms with Crippen LogP contribution in [0.1, 0.15) is 24.0 Å². The van der Waals surface area contributed by atoms with Gasteiger partial charge < -0.3 is 18.9 Å². The van der Waals surface area contributed by atoms with E-state index in [4.69, 9.17) is 18.9 Å². The van der Waals surface area contributed by atoms with E-state index in [1.807, 2.05) is 0 Å². The maximum atomic E-state index is 12.2. The molecule has 2 saturated heterocycles. The maximum absolute atomic E-state index is 12.2. The first-order chi connectivity index (χ1) is 11.2. The summed E-state index contributed by atoms with van der Waals surface area (Å²) in [5, 5.41) is 0. The van der Waals surface area contributed by atoms with Gasteiger partial charge in [-0.05, 0) is 24.6 Å². The van der Waals surface area contributed by atoms with Crippen molar-refractivity contribution in [3.63, 3.8) is 0 Å². The highest BCUT2D eigenvalue weighted by Gasteiger charge is 2.70. The summed E-state index contributed by atoms with van der Waals surface area (Å²) in [7, 11) is 1.68. The number of nitrogens with zero attached hydrogens (tertiary/aromatic N) is 1. The molecule has 1 aromatic carbocycles. The van der Waals surface area contributed by atoms with Gasteiger partial charge in [0.2, 0.25) is 12.5 Å². The molecule has 6 nitrogen and oxygen atoms in total. The summed E-state index contributed by atoms with van der Waals surface area (Å²) in [6.07, 6.45) is 1.44. The Labute approximate surface area is 133 Å². The monoisotopic (exact) mass is 315 g/mol. The Balaban J connectivity index is 1.62. The molecule has 0 amide bonds. The summed E-state index contributed by atoms with van der Waals surface area (Å²) in [4.78, 5) is 14.6. The predicted molar refractivity (Wildman–Crippen MR) is 77.9 cm³/mol. The van der Waals surface area contributed by atoms with Gasteiger partial charge in [0.25, 0.3) is 0 Å². The minimum atomic E-state index is -0.200. The maximum Gasteiger partial charge on any atom is 0.231 e. The van der Waals surface area contributed by atoms with E-state index in [0.717, 1.165) is 31.0 Å². The Kier molecular flexibility index (Phi) is 2.09. The molecule has 1 aromatic rings. The quantitative estimate of drug-likeness (QED) is 0.720. The number of hydrogen-bond acceptors (Lipinski definition) is 6. The highest BCUT2D eigenvalue weighted by atomic mass is 16.7. The van der Waals surface area contributed by atoms with Crippen LogP contribution in [0.25, 0.3) is 0 Å². The minimum absolute atomic E-state index is 0.0166. The molecule has 4 heterocycles. The van der Waals surface area contributed by atoms with Crippen LogP contribution in [0, 0.1) is 0 Å². The van der Waals surface area contributed by atoms with Gasteiger partial charge in [-0.25, -0.2) is 0 Å². The number of carbonyl (C=O) groups excluding carboxylic acids is 1. The van der Waals surface area contributed by atoms with Crippen molar-refractivity contribution in [2.45, 2.75) is 43.1 Å². The molecule has 1 aliphatic carbocycles. The summed E-state index contributed by atoms with van der Waals surface area (Å²) >= 11 is 0. The minimum Gasteiger partial charge on any atom is -0.492 e. The van der Waals surface area contributed by atoms with Crippen LogP contribution in [0.5, 0.6) is 17.2 Å².